The van der Waals surface area contributed by atoms with Crippen LogP contribution in [0.3, 0.4) is 0 Å². The summed E-state index contributed by atoms with van der Waals surface area (Å²) in [7, 11) is 0. The zero-order chi connectivity index (χ0) is 15.9. The monoisotopic (exact) mass is 419 g/mol. The van der Waals surface area contributed by atoms with Crippen molar-refractivity contribution in [2.75, 3.05) is 11.9 Å². The van der Waals surface area contributed by atoms with E-state index in [9.17, 15) is 0 Å². The summed E-state index contributed by atoms with van der Waals surface area (Å²) in [6.45, 7) is 11.5. The molecule has 1 aromatic carbocycles. The highest BCUT2D eigenvalue weighted by molar-refractivity contribution is 14.0. The Bertz CT molecular complexity index is 450. The van der Waals surface area contributed by atoms with Gasteiger partial charge in [-0.1, -0.05) is 20.8 Å². The van der Waals surface area contributed by atoms with E-state index < -0.39 is 0 Å². The van der Waals surface area contributed by atoms with Gasteiger partial charge in [0.15, 0.2) is 5.96 Å². The Morgan fingerprint density at radius 3 is 2.32 bits per heavy atom. The van der Waals surface area contributed by atoms with Crippen molar-refractivity contribution in [3.05, 3.63) is 24.3 Å². The fourth-order valence-corrected chi connectivity index (χ4v) is 1.89. The van der Waals surface area contributed by atoms with Crippen molar-refractivity contribution < 1.29 is 4.74 Å². The molecule has 0 saturated heterocycles. The van der Waals surface area contributed by atoms with Gasteiger partial charge in [0.2, 0.25) is 0 Å². The van der Waals surface area contributed by atoms with Gasteiger partial charge in [0.25, 0.3) is 0 Å². The van der Waals surface area contributed by atoms with Crippen LogP contribution in [0.5, 0.6) is 5.75 Å². The lowest BCUT2D eigenvalue weighted by molar-refractivity contribution is 0.242. The Morgan fingerprint density at radius 2 is 1.82 bits per heavy atom. The van der Waals surface area contributed by atoms with Crippen LogP contribution in [-0.2, 0) is 0 Å². The Morgan fingerprint density at radius 1 is 1.23 bits per heavy atom. The maximum atomic E-state index is 5.88. The van der Waals surface area contributed by atoms with Crippen LogP contribution in [0.2, 0.25) is 0 Å². The molecule has 4 nitrogen and oxygen atoms in total. The van der Waals surface area contributed by atoms with Crippen LogP contribution in [-0.4, -0.2) is 18.6 Å². The first-order valence-corrected chi connectivity index (χ1v) is 7.60. The minimum Gasteiger partial charge on any atom is -0.491 e. The molecule has 3 N–H and O–H groups in total. The highest BCUT2D eigenvalue weighted by atomic mass is 127. The van der Waals surface area contributed by atoms with Crippen molar-refractivity contribution >= 4 is 35.6 Å². The molecule has 0 atom stereocenters. The van der Waals surface area contributed by atoms with Crippen LogP contribution in [0, 0.1) is 5.41 Å². The molecule has 1 aromatic rings. The molecule has 0 radical (unpaired) electrons. The molecular formula is C17H30IN3O. The highest BCUT2D eigenvalue weighted by Gasteiger charge is 2.08. The molecule has 1 rings (SSSR count). The van der Waals surface area contributed by atoms with Crippen molar-refractivity contribution in [3.8, 4) is 5.75 Å². The number of anilines is 1. The van der Waals surface area contributed by atoms with Gasteiger partial charge >= 0.3 is 0 Å². The maximum Gasteiger partial charge on any atom is 0.193 e. The van der Waals surface area contributed by atoms with Crippen LogP contribution in [0.4, 0.5) is 5.69 Å². The Kier molecular flexibility index (Phi) is 9.48. The molecule has 0 bridgehead atoms. The second kappa shape index (κ2) is 9.92. The number of nitrogens with one attached hydrogen (secondary N) is 1. The summed E-state index contributed by atoms with van der Waals surface area (Å²) >= 11 is 0. The van der Waals surface area contributed by atoms with Crippen molar-refractivity contribution in [2.24, 2.45) is 16.1 Å². The summed E-state index contributed by atoms with van der Waals surface area (Å²) in [5.74, 6) is 1.32. The predicted molar refractivity (Wildman–Crippen MR) is 106 cm³/mol. The molecule has 22 heavy (non-hydrogen) atoms. The van der Waals surface area contributed by atoms with E-state index in [2.05, 4.69) is 31.1 Å². The van der Waals surface area contributed by atoms with Crippen molar-refractivity contribution in [1.82, 2.24) is 0 Å². The molecule has 0 spiro atoms. The van der Waals surface area contributed by atoms with Gasteiger partial charge in [-0.3, -0.25) is 4.99 Å². The fourth-order valence-electron chi connectivity index (χ4n) is 1.89. The molecule has 0 unspecified atom stereocenters. The van der Waals surface area contributed by atoms with Crippen molar-refractivity contribution in [1.29, 1.82) is 0 Å². The quantitative estimate of drug-likeness (QED) is 0.306. The first-order valence-electron chi connectivity index (χ1n) is 7.60. The van der Waals surface area contributed by atoms with E-state index in [1.807, 2.05) is 38.1 Å². The molecule has 0 aliphatic heterocycles. The summed E-state index contributed by atoms with van der Waals surface area (Å²) < 4.78 is 5.60. The summed E-state index contributed by atoms with van der Waals surface area (Å²) in [4.78, 5) is 4.35. The number of rotatable bonds is 6. The summed E-state index contributed by atoms with van der Waals surface area (Å²) in [5.41, 5.74) is 7.15. The lowest BCUT2D eigenvalue weighted by atomic mass is 9.91. The number of ether oxygens (including phenoxy) is 1. The minimum absolute atomic E-state index is 0. The topological polar surface area (TPSA) is 59.6 Å². The van der Waals surface area contributed by atoms with E-state index in [4.69, 9.17) is 10.5 Å². The Balaban J connectivity index is 0.00000441. The van der Waals surface area contributed by atoms with Gasteiger partial charge in [0.1, 0.15) is 5.75 Å². The molecule has 0 heterocycles. The van der Waals surface area contributed by atoms with Crippen LogP contribution < -0.4 is 15.8 Å². The summed E-state index contributed by atoms with van der Waals surface area (Å²) in [5, 5.41) is 3.09. The number of hydrogen-bond donors (Lipinski definition) is 2. The van der Waals surface area contributed by atoms with Gasteiger partial charge in [-0.2, -0.15) is 0 Å². The van der Waals surface area contributed by atoms with Crippen LogP contribution in [0.1, 0.15) is 47.5 Å². The molecule has 126 valence electrons. The molecule has 0 saturated carbocycles. The van der Waals surface area contributed by atoms with Gasteiger partial charge in [0.05, 0.1) is 6.10 Å². The molecule has 0 aromatic heterocycles. The number of nitrogens with zero attached hydrogens (tertiary/aromatic N) is 1. The largest absolute Gasteiger partial charge is 0.491 e. The van der Waals surface area contributed by atoms with Gasteiger partial charge in [-0.05, 0) is 56.4 Å². The zero-order valence-electron chi connectivity index (χ0n) is 14.3. The Hall–Kier alpha value is -0.980. The number of guanidine groups is 1. The summed E-state index contributed by atoms with van der Waals surface area (Å²) in [6.07, 6.45) is 2.37. The van der Waals surface area contributed by atoms with E-state index in [1.54, 1.807) is 0 Å². The average Bonchev–Trinajstić information content (AvgIpc) is 2.35. The minimum atomic E-state index is 0. The first-order chi connectivity index (χ1) is 9.76. The van der Waals surface area contributed by atoms with Gasteiger partial charge in [-0.25, -0.2) is 0 Å². The van der Waals surface area contributed by atoms with E-state index in [0.29, 0.717) is 11.4 Å². The second-order valence-electron chi connectivity index (χ2n) is 6.75. The standard InChI is InChI=1S/C17H29N3O.HI/c1-13(2)21-15-9-7-14(8-10-15)20-16(18)19-12-6-11-17(3,4)5;/h7-10,13H,6,11-12H2,1-5H3,(H3,18,19,20);1H. The second-order valence-corrected chi connectivity index (χ2v) is 6.75. The van der Waals surface area contributed by atoms with E-state index >= 15 is 0 Å². The number of halogens is 1. The molecule has 5 heteroatoms. The summed E-state index contributed by atoms with van der Waals surface area (Å²) in [6, 6.07) is 7.73. The van der Waals surface area contributed by atoms with Gasteiger partial charge in [-0.15, -0.1) is 24.0 Å². The lowest BCUT2D eigenvalue weighted by Gasteiger charge is -2.16. The van der Waals surface area contributed by atoms with Gasteiger partial charge in [0, 0.05) is 12.2 Å². The number of hydrogen-bond acceptors (Lipinski definition) is 2. The number of aliphatic imine (C=N–C) groups is 1. The Labute approximate surface area is 151 Å². The third-order valence-corrected chi connectivity index (χ3v) is 2.87. The molecule has 0 aliphatic rings. The van der Waals surface area contributed by atoms with E-state index in [1.165, 1.54) is 0 Å². The van der Waals surface area contributed by atoms with Crippen molar-refractivity contribution in [3.63, 3.8) is 0 Å². The number of benzene rings is 1. The lowest BCUT2D eigenvalue weighted by Crippen LogP contribution is -2.23. The van der Waals surface area contributed by atoms with E-state index in [0.717, 1.165) is 30.8 Å². The smallest absolute Gasteiger partial charge is 0.193 e. The predicted octanol–water partition coefficient (Wildman–Crippen LogP) is 4.64. The van der Waals surface area contributed by atoms with Crippen LogP contribution in [0.15, 0.2) is 29.3 Å². The highest BCUT2D eigenvalue weighted by Crippen LogP contribution is 2.20. The van der Waals surface area contributed by atoms with Crippen molar-refractivity contribution in [2.45, 2.75) is 53.6 Å². The van der Waals surface area contributed by atoms with Crippen LogP contribution >= 0.6 is 24.0 Å². The van der Waals surface area contributed by atoms with Crippen LogP contribution in [0.25, 0.3) is 0 Å². The fraction of sp³-hybridized carbons (Fsp3) is 0.588. The SMILES string of the molecule is CC(C)Oc1ccc(NC(N)=NCCCC(C)(C)C)cc1.I. The third kappa shape index (κ3) is 9.87. The molecule has 0 fully saturated rings. The normalized spacial score (nSPS) is 12.0. The first kappa shape index (κ1) is 21.0. The molecular weight excluding hydrogens is 389 g/mol. The maximum absolute atomic E-state index is 5.88. The average molecular weight is 419 g/mol. The third-order valence-electron chi connectivity index (χ3n) is 2.87. The molecule has 0 aliphatic carbocycles. The molecule has 0 amide bonds. The number of nitrogens with two attached hydrogens (primary N) is 1. The zero-order valence-corrected chi connectivity index (χ0v) is 16.7. The van der Waals surface area contributed by atoms with Gasteiger partial charge < -0.3 is 15.8 Å². The van der Waals surface area contributed by atoms with E-state index in [-0.39, 0.29) is 30.1 Å².